The quantitative estimate of drug-likeness (QED) is 0.577. The molecule has 0 unspecified atom stereocenters. The van der Waals surface area contributed by atoms with Crippen molar-refractivity contribution in [2.45, 2.75) is 20.3 Å². The van der Waals surface area contributed by atoms with E-state index in [-0.39, 0.29) is 5.41 Å². The maximum Gasteiger partial charge on any atom is 0.0684 e. The van der Waals surface area contributed by atoms with Crippen LogP contribution >= 0.6 is 0 Å². The molecule has 0 aliphatic carbocycles. The molecule has 0 atom stereocenters. The van der Waals surface area contributed by atoms with Crippen LogP contribution < -0.4 is 0 Å². The Morgan fingerprint density at radius 2 is 2.09 bits per heavy atom. The summed E-state index contributed by atoms with van der Waals surface area (Å²) in [7, 11) is 3.48. The van der Waals surface area contributed by atoms with Crippen LogP contribution in [0.25, 0.3) is 0 Å². The highest BCUT2D eigenvalue weighted by atomic mass is 16.7. The zero-order valence-electron chi connectivity index (χ0n) is 7.72. The summed E-state index contributed by atoms with van der Waals surface area (Å²) < 4.78 is 0. The summed E-state index contributed by atoms with van der Waals surface area (Å²) in [5, 5.41) is 10.4. The lowest BCUT2D eigenvalue weighted by Gasteiger charge is -2.19. The maximum absolute atomic E-state index is 8.67. The zero-order valence-corrected chi connectivity index (χ0v) is 7.72. The van der Waals surface area contributed by atoms with Crippen molar-refractivity contribution in [3.8, 4) is 6.07 Å². The molecule has 0 fully saturated rings. The first-order valence-corrected chi connectivity index (χ1v) is 3.68. The van der Waals surface area contributed by atoms with Crippen LogP contribution in [0.4, 0.5) is 0 Å². The Labute approximate surface area is 68.5 Å². The van der Waals surface area contributed by atoms with Gasteiger partial charge in [0, 0.05) is 13.6 Å². The summed E-state index contributed by atoms with van der Waals surface area (Å²) in [6, 6.07) is 2.24. The number of nitriles is 1. The fraction of sp³-hybridized carbons (Fsp3) is 0.875. The third-order valence-corrected chi connectivity index (χ3v) is 1.67. The van der Waals surface area contributed by atoms with Gasteiger partial charge in [0.25, 0.3) is 0 Å². The molecule has 0 bridgehead atoms. The Balaban J connectivity index is 3.63. The Bertz CT molecular complexity index is 149. The van der Waals surface area contributed by atoms with Crippen LogP contribution in [0.1, 0.15) is 20.3 Å². The second kappa shape index (κ2) is 4.32. The minimum absolute atomic E-state index is 0.243. The first-order chi connectivity index (χ1) is 5.02. The van der Waals surface area contributed by atoms with Gasteiger partial charge >= 0.3 is 0 Å². The molecular weight excluding hydrogens is 140 g/mol. The van der Waals surface area contributed by atoms with E-state index in [0.29, 0.717) is 0 Å². The number of hydrogen-bond donors (Lipinski definition) is 0. The van der Waals surface area contributed by atoms with Gasteiger partial charge in [-0.1, -0.05) is 0 Å². The van der Waals surface area contributed by atoms with Gasteiger partial charge in [-0.15, -0.1) is 0 Å². The summed E-state index contributed by atoms with van der Waals surface area (Å²) in [6.45, 7) is 4.64. The first-order valence-electron chi connectivity index (χ1n) is 3.68. The molecule has 0 saturated heterocycles. The normalized spacial score (nSPS) is 11.6. The van der Waals surface area contributed by atoms with Gasteiger partial charge in [-0.25, -0.2) is 0 Å². The molecule has 0 rings (SSSR count). The largest absolute Gasteiger partial charge is 0.303 e. The van der Waals surface area contributed by atoms with Gasteiger partial charge < -0.3 is 4.84 Å². The van der Waals surface area contributed by atoms with E-state index < -0.39 is 0 Å². The number of rotatable bonds is 4. The molecule has 0 aliphatic rings. The fourth-order valence-electron chi connectivity index (χ4n) is 0.584. The lowest BCUT2D eigenvalue weighted by atomic mass is 9.91. The van der Waals surface area contributed by atoms with Gasteiger partial charge in [-0.05, 0) is 20.3 Å². The molecule has 0 aliphatic heterocycles. The summed E-state index contributed by atoms with van der Waals surface area (Å²) >= 11 is 0. The predicted octanol–water partition coefficient (Wildman–Crippen LogP) is 1.42. The van der Waals surface area contributed by atoms with Crippen LogP contribution in [0.3, 0.4) is 0 Å². The number of hydroxylamine groups is 2. The molecule has 64 valence electrons. The van der Waals surface area contributed by atoms with Gasteiger partial charge in [0.15, 0.2) is 0 Å². The molecule has 11 heavy (non-hydrogen) atoms. The Morgan fingerprint density at radius 3 is 2.45 bits per heavy atom. The lowest BCUT2D eigenvalue weighted by molar-refractivity contribution is -0.112. The molecule has 0 spiro atoms. The molecule has 0 aromatic carbocycles. The second-order valence-corrected chi connectivity index (χ2v) is 3.28. The van der Waals surface area contributed by atoms with Gasteiger partial charge in [0.2, 0.25) is 0 Å². The minimum atomic E-state index is -0.243. The van der Waals surface area contributed by atoms with Crippen molar-refractivity contribution in [2.75, 3.05) is 20.7 Å². The van der Waals surface area contributed by atoms with E-state index in [1.807, 2.05) is 20.9 Å². The highest BCUT2D eigenvalue weighted by molar-refractivity contribution is 4.91. The van der Waals surface area contributed by atoms with E-state index in [4.69, 9.17) is 10.1 Å². The summed E-state index contributed by atoms with van der Waals surface area (Å²) in [4.78, 5) is 4.91. The lowest BCUT2D eigenvalue weighted by Crippen LogP contribution is -2.23. The Hall–Kier alpha value is -0.590. The van der Waals surface area contributed by atoms with Crippen molar-refractivity contribution in [3.05, 3.63) is 0 Å². The van der Waals surface area contributed by atoms with Crippen molar-refractivity contribution in [1.82, 2.24) is 5.06 Å². The maximum atomic E-state index is 8.67. The van der Waals surface area contributed by atoms with Crippen molar-refractivity contribution in [2.24, 2.45) is 5.41 Å². The summed E-state index contributed by atoms with van der Waals surface area (Å²) in [6.07, 6.45) is 0.827. The third kappa shape index (κ3) is 4.77. The van der Waals surface area contributed by atoms with E-state index in [9.17, 15) is 0 Å². The highest BCUT2D eigenvalue weighted by Crippen LogP contribution is 2.18. The average molecular weight is 156 g/mol. The molecule has 3 heteroatoms. The summed E-state index contributed by atoms with van der Waals surface area (Å²) in [5.74, 6) is 0. The molecule has 0 heterocycles. The van der Waals surface area contributed by atoms with Gasteiger partial charge in [-0.2, -0.15) is 10.3 Å². The van der Waals surface area contributed by atoms with Crippen LogP contribution in [0.2, 0.25) is 0 Å². The van der Waals surface area contributed by atoms with E-state index in [2.05, 4.69) is 6.07 Å². The number of hydrogen-bond acceptors (Lipinski definition) is 3. The standard InChI is InChI=1S/C8H16N2O/c1-8(2,7-9)5-6-10(3)11-4/h5-6H2,1-4H3. The number of nitrogens with zero attached hydrogens (tertiary/aromatic N) is 2. The first kappa shape index (κ1) is 10.4. The fourth-order valence-corrected chi connectivity index (χ4v) is 0.584. The third-order valence-electron chi connectivity index (χ3n) is 1.67. The summed E-state index contributed by atoms with van der Waals surface area (Å²) in [5.41, 5.74) is -0.243. The van der Waals surface area contributed by atoms with Gasteiger partial charge in [0.05, 0.1) is 18.6 Å². The van der Waals surface area contributed by atoms with Crippen molar-refractivity contribution < 1.29 is 4.84 Å². The molecule has 3 nitrogen and oxygen atoms in total. The van der Waals surface area contributed by atoms with Gasteiger partial charge in [0.1, 0.15) is 0 Å². The molecule has 0 amide bonds. The SMILES string of the molecule is CON(C)CCC(C)(C)C#N. The Kier molecular flexibility index (Phi) is 4.09. The highest BCUT2D eigenvalue weighted by Gasteiger charge is 2.16. The van der Waals surface area contributed by atoms with Crippen LogP contribution in [-0.2, 0) is 4.84 Å². The van der Waals surface area contributed by atoms with Crippen LogP contribution in [-0.4, -0.2) is 25.8 Å². The van der Waals surface area contributed by atoms with E-state index in [1.54, 1.807) is 12.2 Å². The molecule has 0 saturated carbocycles. The second-order valence-electron chi connectivity index (χ2n) is 3.28. The van der Waals surface area contributed by atoms with Crippen molar-refractivity contribution in [1.29, 1.82) is 5.26 Å². The smallest absolute Gasteiger partial charge is 0.0684 e. The molecule has 0 N–H and O–H groups in total. The van der Waals surface area contributed by atoms with E-state index in [0.717, 1.165) is 13.0 Å². The zero-order chi connectivity index (χ0) is 8.91. The molecule has 0 aromatic rings. The van der Waals surface area contributed by atoms with Gasteiger partial charge in [-0.3, -0.25) is 0 Å². The average Bonchev–Trinajstić information content (AvgIpc) is 2.00. The molecule has 0 aromatic heterocycles. The van der Waals surface area contributed by atoms with Crippen LogP contribution in [0, 0.1) is 16.7 Å². The van der Waals surface area contributed by atoms with E-state index >= 15 is 0 Å². The molecule has 0 radical (unpaired) electrons. The topological polar surface area (TPSA) is 36.3 Å². The molecular formula is C8H16N2O. The minimum Gasteiger partial charge on any atom is -0.303 e. The van der Waals surface area contributed by atoms with E-state index in [1.165, 1.54) is 0 Å². The van der Waals surface area contributed by atoms with Crippen LogP contribution in [0.15, 0.2) is 0 Å². The van der Waals surface area contributed by atoms with Crippen LogP contribution in [0.5, 0.6) is 0 Å². The Morgan fingerprint density at radius 1 is 1.55 bits per heavy atom. The van der Waals surface area contributed by atoms with Crippen molar-refractivity contribution >= 4 is 0 Å². The monoisotopic (exact) mass is 156 g/mol. The van der Waals surface area contributed by atoms with Crippen molar-refractivity contribution in [3.63, 3.8) is 0 Å². The predicted molar refractivity (Wildman–Crippen MR) is 43.7 cm³/mol.